The maximum Gasteiger partial charge on any atom is 0.434 e. The third kappa shape index (κ3) is 4.10. The van der Waals surface area contributed by atoms with E-state index in [2.05, 4.69) is 9.82 Å². The van der Waals surface area contributed by atoms with Gasteiger partial charge in [-0.2, -0.15) is 13.2 Å². The first-order valence-corrected chi connectivity index (χ1v) is 8.86. The number of halogens is 3. The van der Waals surface area contributed by atoms with Gasteiger partial charge in [0.25, 0.3) is 5.91 Å². The van der Waals surface area contributed by atoms with Crippen LogP contribution in [0.5, 0.6) is 0 Å². The number of carbonyl (C=O) groups is 1. The number of aryl methyl sites for hydroxylation is 1. The fourth-order valence-corrected chi connectivity index (χ4v) is 3.34. The molecule has 0 spiro atoms. The number of pyridine rings is 2. The number of alkyl halides is 3. The van der Waals surface area contributed by atoms with Gasteiger partial charge in [-0.3, -0.25) is 9.59 Å². The highest BCUT2D eigenvalue weighted by atomic mass is 32.2. The molecule has 0 aliphatic rings. The Hall–Kier alpha value is -2.49. The van der Waals surface area contributed by atoms with Crippen molar-refractivity contribution in [2.45, 2.75) is 24.9 Å². The first kappa shape index (κ1) is 20.8. The van der Waals surface area contributed by atoms with Crippen LogP contribution in [0.3, 0.4) is 0 Å². The summed E-state index contributed by atoms with van der Waals surface area (Å²) in [5.74, 6) is 0.0972. The van der Waals surface area contributed by atoms with E-state index in [-0.39, 0.29) is 21.7 Å². The third-order valence-corrected chi connectivity index (χ3v) is 4.65. The monoisotopic (exact) mass is 401 g/mol. The van der Waals surface area contributed by atoms with Crippen LogP contribution < -0.4 is 15.3 Å². The molecule has 0 atom stereocenters. The molecule has 0 saturated carbocycles. The maximum absolute atomic E-state index is 13.2. The summed E-state index contributed by atoms with van der Waals surface area (Å²) in [4.78, 5) is 35.8. The van der Waals surface area contributed by atoms with Crippen molar-refractivity contribution in [2.75, 3.05) is 24.8 Å². The number of anilines is 1. The minimum absolute atomic E-state index is 0.00268. The van der Waals surface area contributed by atoms with Gasteiger partial charge in [-0.15, -0.1) is 16.5 Å². The average molecular weight is 401 g/mol. The van der Waals surface area contributed by atoms with Crippen molar-refractivity contribution < 1.29 is 22.8 Å². The van der Waals surface area contributed by atoms with Gasteiger partial charge < -0.3 is 9.74 Å². The molecule has 0 aromatic carbocycles. The molecule has 0 saturated heterocycles. The van der Waals surface area contributed by atoms with Gasteiger partial charge in [0.2, 0.25) is 0 Å². The fourth-order valence-electron chi connectivity index (χ4n) is 2.58. The second-order valence-electron chi connectivity index (χ2n) is 5.49. The Balaban J connectivity index is 2.59. The van der Waals surface area contributed by atoms with Gasteiger partial charge >= 0.3 is 11.7 Å². The summed E-state index contributed by atoms with van der Waals surface area (Å²) in [7, 11) is 2.26. The summed E-state index contributed by atoms with van der Waals surface area (Å²) in [6.45, 7) is 3.24. The summed E-state index contributed by atoms with van der Waals surface area (Å²) in [6.07, 6.45) is -3.35. The minimum Gasteiger partial charge on any atom is -0.413 e. The fraction of sp³-hybridized carbons (Fsp3) is 0.353. The zero-order valence-electron chi connectivity index (χ0n) is 15.1. The number of carbonyl (C=O) groups excluding carboxylic acids is 1. The Morgan fingerprint density at radius 3 is 2.63 bits per heavy atom. The van der Waals surface area contributed by atoms with Crippen LogP contribution in [0.4, 0.5) is 18.9 Å². The lowest BCUT2D eigenvalue weighted by Gasteiger charge is -2.22. The molecule has 27 heavy (non-hydrogen) atoms. The van der Waals surface area contributed by atoms with Crippen molar-refractivity contribution in [2.24, 2.45) is 0 Å². The molecule has 0 fully saturated rings. The van der Waals surface area contributed by atoms with Gasteiger partial charge in [0.05, 0.1) is 0 Å². The molecule has 0 aliphatic heterocycles. The topological polar surface area (TPSA) is 64.4 Å². The van der Waals surface area contributed by atoms with E-state index in [1.807, 2.05) is 6.92 Å². The highest BCUT2D eigenvalue weighted by molar-refractivity contribution is 7.99. The van der Waals surface area contributed by atoms with E-state index in [0.717, 1.165) is 18.1 Å². The third-order valence-electron chi connectivity index (χ3n) is 3.72. The Labute approximate surface area is 157 Å². The molecule has 6 nitrogen and oxygen atoms in total. The molecule has 1 amide bonds. The molecule has 2 heterocycles. The molecule has 0 radical (unpaired) electrons. The predicted molar refractivity (Wildman–Crippen MR) is 96.3 cm³/mol. The molecule has 0 aliphatic carbocycles. The van der Waals surface area contributed by atoms with Gasteiger partial charge in [0.15, 0.2) is 5.69 Å². The van der Waals surface area contributed by atoms with Crippen molar-refractivity contribution in [1.29, 1.82) is 0 Å². The molecular formula is C17H18F3N3O3S. The summed E-state index contributed by atoms with van der Waals surface area (Å²) >= 11 is 1.40. The van der Waals surface area contributed by atoms with E-state index in [9.17, 15) is 22.8 Å². The highest BCUT2D eigenvalue weighted by Gasteiger charge is 2.37. The van der Waals surface area contributed by atoms with Crippen LogP contribution in [-0.4, -0.2) is 35.5 Å². The van der Waals surface area contributed by atoms with Crippen LogP contribution in [-0.2, 0) is 6.18 Å². The first-order valence-electron chi connectivity index (χ1n) is 7.87. The lowest BCUT2D eigenvalue weighted by molar-refractivity contribution is -0.151. The van der Waals surface area contributed by atoms with Crippen LogP contribution in [0.25, 0.3) is 0 Å². The van der Waals surface area contributed by atoms with Crippen molar-refractivity contribution in [3.05, 3.63) is 51.7 Å². The first-order chi connectivity index (χ1) is 12.6. The van der Waals surface area contributed by atoms with Crippen molar-refractivity contribution in [3.8, 4) is 0 Å². The minimum atomic E-state index is -4.78. The van der Waals surface area contributed by atoms with Crippen molar-refractivity contribution in [3.63, 3.8) is 0 Å². The molecule has 2 aromatic rings. The van der Waals surface area contributed by atoms with Crippen LogP contribution >= 0.6 is 11.8 Å². The van der Waals surface area contributed by atoms with E-state index in [4.69, 9.17) is 0 Å². The molecule has 0 unspecified atom stereocenters. The van der Waals surface area contributed by atoms with Gasteiger partial charge in [0.1, 0.15) is 18.5 Å². The number of hydrogen-bond acceptors (Lipinski definition) is 5. The van der Waals surface area contributed by atoms with Gasteiger partial charge in [-0.1, -0.05) is 6.92 Å². The second-order valence-corrected chi connectivity index (χ2v) is 6.79. The summed E-state index contributed by atoms with van der Waals surface area (Å²) in [5, 5.41) is 0. The van der Waals surface area contributed by atoms with Crippen LogP contribution in [0.15, 0.2) is 34.1 Å². The largest absolute Gasteiger partial charge is 0.434 e. The zero-order valence-corrected chi connectivity index (χ0v) is 15.9. The zero-order chi connectivity index (χ0) is 20.4. The summed E-state index contributed by atoms with van der Waals surface area (Å²) in [5.41, 5.74) is -2.43. The second kappa shape index (κ2) is 8.03. The van der Waals surface area contributed by atoms with Gasteiger partial charge in [-0.25, -0.2) is 4.98 Å². The van der Waals surface area contributed by atoms with Crippen LogP contribution in [0.2, 0.25) is 0 Å². The molecular weight excluding hydrogens is 383 g/mol. The lowest BCUT2D eigenvalue weighted by Crippen LogP contribution is -2.39. The molecule has 2 aromatic heterocycles. The standard InChI is InChI=1S/C17H18F3N3O3S/c1-5-27-11-7-6-8-21-13(11)15(24)22(3)14-10(2)9-12(17(18,19)20)23(26-4)16(14)25/h6-9H,5H2,1-4H3. The highest BCUT2D eigenvalue weighted by Crippen LogP contribution is 2.31. The van der Waals surface area contributed by atoms with E-state index < -0.39 is 23.3 Å². The normalized spacial score (nSPS) is 11.4. The summed E-state index contributed by atoms with van der Waals surface area (Å²) in [6, 6.07) is 4.16. The quantitative estimate of drug-likeness (QED) is 0.721. The van der Waals surface area contributed by atoms with Crippen LogP contribution in [0.1, 0.15) is 28.7 Å². The van der Waals surface area contributed by atoms with Gasteiger partial charge in [0, 0.05) is 18.1 Å². The lowest BCUT2D eigenvalue weighted by atomic mass is 10.1. The smallest absolute Gasteiger partial charge is 0.413 e. The van der Waals surface area contributed by atoms with Crippen molar-refractivity contribution in [1.82, 2.24) is 9.71 Å². The predicted octanol–water partition coefficient (Wildman–Crippen LogP) is 3.02. The molecule has 2 rings (SSSR count). The number of amides is 1. The number of hydrogen-bond donors (Lipinski definition) is 0. The van der Waals surface area contributed by atoms with E-state index in [1.54, 1.807) is 12.1 Å². The summed E-state index contributed by atoms with van der Waals surface area (Å²) < 4.78 is 39.6. The van der Waals surface area contributed by atoms with Crippen molar-refractivity contribution >= 4 is 23.4 Å². The Bertz CT molecular complexity index is 913. The number of rotatable bonds is 5. The molecule has 146 valence electrons. The molecule has 0 bridgehead atoms. The molecule has 0 N–H and O–H groups in total. The van der Waals surface area contributed by atoms with E-state index >= 15 is 0 Å². The maximum atomic E-state index is 13.2. The van der Waals surface area contributed by atoms with E-state index in [0.29, 0.717) is 10.6 Å². The molecule has 10 heteroatoms. The number of nitrogens with zero attached hydrogens (tertiary/aromatic N) is 3. The number of thioether (sulfide) groups is 1. The Morgan fingerprint density at radius 1 is 1.41 bits per heavy atom. The number of aromatic nitrogens is 2. The van der Waals surface area contributed by atoms with E-state index in [1.165, 1.54) is 31.9 Å². The van der Waals surface area contributed by atoms with Gasteiger partial charge in [-0.05, 0) is 36.4 Å². The Kier molecular flexibility index (Phi) is 6.19. The Morgan fingerprint density at radius 2 is 2.07 bits per heavy atom. The average Bonchev–Trinajstić information content (AvgIpc) is 2.60. The van der Waals surface area contributed by atoms with Crippen LogP contribution in [0, 0.1) is 6.92 Å². The SMILES string of the molecule is CCSc1cccnc1C(=O)N(C)c1c(C)cc(C(F)(F)F)n(OC)c1=O.